The van der Waals surface area contributed by atoms with Crippen LogP contribution in [0.4, 0.5) is 17.2 Å². The van der Waals surface area contributed by atoms with Crippen LogP contribution in [-0.4, -0.2) is 9.97 Å². The minimum Gasteiger partial charge on any atom is -0.398 e. The van der Waals surface area contributed by atoms with Crippen molar-refractivity contribution in [3.8, 4) is 0 Å². The van der Waals surface area contributed by atoms with Crippen LogP contribution in [0.15, 0.2) is 30.6 Å². The van der Waals surface area contributed by atoms with Crippen LogP contribution in [0.1, 0.15) is 18.2 Å². The van der Waals surface area contributed by atoms with Gasteiger partial charge in [0.2, 0.25) is 0 Å². The van der Waals surface area contributed by atoms with E-state index in [9.17, 15) is 0 Å². The average Bonchev–Trinajstić information content (AvgIpc) is 2.29. The number of nitrogen functional groups attached to an aromatic ring is 1. The van der Waals surface area contributed by atoms with Crippen molar-refractivity contribution in [2.24, 2.45) is 0 Å². The van der Waals surface area contributed by atoms with Crippen molar-refractivity contribution in [2.45, 2.75) is 20.3 Å². The summed E-state index contributed by atoms with van der Waals surface area (Å²) in [6, 6.07) is 7.86. The van der Waals surface area contributed by atoms with Crippen molar-refractivity contribution in [1.29, 1.82) is 0 Å². The van der Waals surface area contributed by atoms with Crippen molar-refractivity contribution in [1.82, 2.24) is 9.97 Å². The summed E-state index contributed by atoms with van der Waals surface area (Å²) >= 11 is 0. The zero-order valence-electron chi connectivity index (χ0n) is 10.5. The van der Waals surface area contributed by atoms with Crippen LogP contribution in [0, 0.1) is 6.92 Å². The number of nitrogens with two attached hydrogens (primary N) is 1. The van der Waals surface area contributed by atoms with Gasteiger partial charge >= 0.3 is 0 Å². The molecule has 0 bridgehead atoms. The second kappa shape index (κ2) is 6.21. The van der Waals surface area contributed by atoms with E-state index in [1.165, 1.54) is 0 Å². The van der Waals surface area contributed by atoms with Crippen LogP contribution in [0.25, 0.3) is 0 Å². The third-order valence-electron chi connectivity index (χ3n) is 2.60. The lowest BCUT2D eigenvalue weighted by molar-refractivity contribution is 1.10. The van der Waals surface area contributed by atoms with E-state index < -0.39 is 0 Å². The quantitative estimate of drug-likeness (QED) is 0.836. The Bertz CT molecular complexity index is 528. The minimum atomic E-state index is 0. The molecule has 1 aromatic carbocycles. The Kier molecular flexibility index (Phi) is 4.92. The Morgan fingerprint density at radius 2 is 2.00 bits per heavy atom. The lowest BCUT2D eigenvalue weighted by Gasteiger charge is -2.09. The molecule has 4 nitrogen and oxygen atoms in total. The van der Waals surface area contributed by atoms with Crippen molar-refractivity contribution >= 4 is 29.6 Å². The Morgan fingerprint density at radius 3 is 2.61 bits per heavy atom. The van der Waals surface area contributed by atoms with Gasteiger partial charge in [-0.3, -0.25) is 0 Å². The highest BCUT2D eigenvalue weighted by Gasteiger charge is 2.00. The zero-order chi connectivity index (χ0) is 12.3. The second-order valence-electron chi connectivity index (χ2n) is 3.94. The number of nitrogens with one attached hydrogen (secondary N) is 1. The van der Waals surface area contributed by atoms with Crippen LogP contribution in [0.5, 0.6) is 0 Å². The summed E-state index contributed by atoms with van der Waals surface area (Å²) in [5.41, 5.74) is 9.79. The molecular weight excluding hydrogens is 248 g/mol. The molecule has 5 heteroatoms. The Labute approximate surface area is 113 Å². The number of benzene rings is 1. The summed E-state index contributed by atoms with van der Waals surface area (Å²) in [6.07, 6.45) is 2.49. The lowest BCUT2D eigenvalue weighted by Crippen LogP contribution is -1.98. The topological polar surface area (TPSA) is 63.8 Å². The van der Waals surface area contributed by atoms with Gasteiger partial charge in [-0.1, -0.05) is 13.0 Å². The molecule has 0 aliphatic heterocycles. The Balaban J connectivity index is 0.00000162. The summed E-state index contributed by atoms with van der Waals surface area (Å²) in [5.74, 6) is 0.779. The van der Waals surface area contributed by atoms with E-state index in [1.807, 2.05) is 31.2 Å². The van der Waals surface area contributed by atoms with Gasteiger partial charge < -0.3 is 11.1 Å². The van der Waals surface area contributed by atoms with Crippen molar-refractivity contribution in [3.05, 3.63) is 41.9 Å². The first-order valence-corrected chi connectivity index (χ1v) is 5.63. The largest absolute Gasteiger partial charge is 0.398 e. The number of aromatic nitrogens is 2. The summed E-state index contributed by atoms with van der Waals surface area (Å²) in [7, 11) is 0. The monoisotopic (exact) mass is 264 g/mol. The maximum atomic E-state index is 5.94. The normalized spacial score (nSPS) is 9.67. The summed E-state index contributed by atoms with van der Waals surface area (Å²) in [5, 5.41) is 3.21. The molecule has 0 aliphatic rings. The third kappa shape index (κ3) is 3.34. The predicted molar refractivity (Wildman–Crippen MR) is 77.5 cm³/mol. The molecule has 96 valence electrons. The molecule has 3 N–H and O–H groups in total. The molecule has 1 aromatic heterocycles. The fourth-order valence-electron chi connectivity index (χ4n) is 1.67. The maximum absolute atomic E-state index is 5.94. The third-order valence-corrected chi connectivity index (χ3v) is 2.60. The van der Waals surface area contributed by atoms with Crippen molar-refractivity contribution in [2.75, 3.05) is 11.1 Å². The van der Waals surface area contributed by atoms with E-state index in [-0.39, 0.29) is 12.4 Å². The summed E-state index contributed by atoms with van der Waals surface area (Å²) < 4.78 is 0. The second-order valence-corrected chi connectivity index (χ2v) is 3.94. The molecular formula is C13H17ClN4. The van der Waals surface area contributed by atoms with E-state index in [0.717, 1.165) is 34.9 Å². The van der Waals surface area contributed by atoms with Gasteiger partial charge in [-0.05, 0) is 31.0 Å². The van der Waals surface area contributed by atoms with E-state index in [4.69, 9.17) is 5.73 Å². The van der Waals surface area contributed by atoms with Crippen molar-refractivity contribution < 1.29 is 0 Å². The number of aryl methyl sites for hydroxylation is 2. The number of hydrogen-bond acceptors (Lipinski definition) is 4. The molecule has 0 atom stereocenters. The molecule has 0 saturated heterocycles. The van der Waals surface area contributed by atoms with Gasteiger partial charge in [0.25, 0.3) is 0 Å². The standard InChI is InChI=1S/C13H16N4.ClH/c1-3-10-4-5-11(7-12(10)14)17-13-6-9(2)15-8-16-13;/h4-8H,3,14H2,1-2H3,(H,15,16,17);1H. The number of rotatable bonds is 3. The van der Waals surface area contributed by atoms with Crippen molar-refractivity contribution in [3.63, 3.8) is 0 Å². The molecule has 0 saturated carbocycles. The van der Waals surface area contributed by atoms with Gasteiger partial charge in [-0.2, -0.15) is 0 Å². The minimum absolute atomic E-state index is 0. The van der Waals surface area contributed by atoms with Crippen LogP contribution < -0.4 is 11.1 Å². The number of anilines is 3. The van der Waals surface area contributed by atoms with Gasteiger partial charge in [-0.25, -0.2) is 9.97 Å². The van der Waals surface area contributed by atoms with Crippen LogP contribution in [-0.2, 0) is 6.42 Å². The molecule has 0 unspecified atom stereocenters. The molecule has 2 aromatic rings. The molecule has 0 spiro atoms. The lowest BCUT2D eigenvalue weighted by atomic mass is 10.1. The first-order chi connectivity index (χ1) is 8.19. The number of halogens is 1. The van der Waals surface area contributed by atoms with E-state index in [0.29, 0.717) is 0 Å². The van der Waals surface area contributed by atoms with Gasteiger partial charge in [0, 0.05) is 23.1 Å². The first kappa shape index (κ1) is 14.3. The summed E-state index contributed by atoms with van der Waals surface area (Å²) in [6.45, 7) is 4.02. The van der Waals surface area contributed by atoms with Crippen LogP contribution >= 0.6 is 12.4 Å². The van der Waals surface area contributed by atoms with E-state index in [1.54, 1.807) is 6.33 Å². The Morgan fingerprint density at radius 1 is 1.22 bits per heavy atom. The zero-order valence-corrected chi connectivity index (χ0v) is 11.3. The fraction of sp³-hybridized carbons (Fsp3) is 0.231. The molecule has 1 heterocycles. The molecule has 0 aliphatic carbocycles. The average molecular weight is 265 g/mol. The first-order valence-electron chi connectivity index (χ1n) is 5.63. The predicted octanol–water partition coefficient (Wildman–Crippen LogP) is 3.10. The molecule has 0 fully saturated rings. The van der Waals surface area contributed by atoms with Crippen LogP contribution in [0.3, 0.4) is 0 Å². The highest BCUT2D eigenvalue weighted by Crippen LogP contribution is 2.21. The molecule has 2 rings (SSSR count). The number of hydrogen-bond donors (Lipinski definition) is 2. The van der Waals surface area contributed by atoms with Gasteiger partial charge in [-0.15, -0.1) is 12.4 Å². The number of nitrogens with zero attached hydrogens (tertiary/aromatic N) is 2. The van der Waals surface area contributed by atoms with Gasteiger partial charge in [0.05, 0.1) is 0 Å². The molecule has 0 radical (unpaired) electrons. The van der Waals surface area contributed by atoms with Gasteiger partial charge in [0.15, 0.2) is 0 Å². The Hall–Kier alpha value is -1.81. The van der Waals surface area contributed by atoms with E-state index in [2.05, 4.69) is 22.2 Å². The highest BCUT2D eigenvalue weighted by atomic mass is 35.5. The molecule has 0 amide bonds. The summed E-state index contributed by atoms with van der Waals surface area (Å²) in [4.78, 5) is 8.19. The smallest absolute Gasteiger partial charge is 0.133 e. The van der Waals surface area contributed by atoms with E-state index >= 15 is 0 Å². The SMILES string of the molecule is CCc1ccc(Nc2cc(C)ncn2)cc1N.Cl. The molecule has 18 heavy (non-hydrogen) atoms. The maximum Gasteiger partial charge on any atom is 0.133 e. The van der Waals surface area contributed by atoms with Gasteiger partial charge in [0.1, 0.15) is 12.1 Å². The van der Waals surface area contributed by atoms with Crippen LogP contribution in [0.2, 0.25) is 0 Å². The highest BCUT2D eigenvalue weighted by molar-refractivity contribution is 5.85. The fourth-order valence-corrected chi connectivity index (χ4v) is 1.67.